The summed E-state index contributed by atoms with van der Waals surface area (Å²) in [6.07, 6.45) is 1.58. The Balaban J connectivity index is 1.92. The minimum atomic E-state index is -0.448. The Bertz CT molecular complexity index is 543. The monoisotopic (exact) mass is 318 g/mol. The van der Waals surface area contributed by atoms with Crippen molar-refractivity contribution in [2.24, 2.45) is 11.7 Å². The van der Waals surface area contributed by atoms with Gasteiger partial charge in [-0.2, -0.15) is 0 Å². The summed E-state index contributed by atoms with van der Waals surface area (Å²) in [5.41, 5.74) is 9.80. The molecule has 4 nitrogen and oxygen atoms in total. The highest BCUT2D eigenvalue weighted by atomic mass is 16.6. The smallest absolute Gasteiger partial charge is 0.410 e. The number of carbonyl (C=O) groups is 1. The summed E-state index contributed by atoms with van der Waals surface area (Å²) in [6, 6.07) is 6.65. The fourth-order valence-corrected chi connectivity index (χ4v) is 3.25. The standard InChI is InChI=1S/C19H30N2O2/c1-13-8-14(2)10-15(9-13)11-17(20)16-6-7-21(12-16)18(22)23-19(3,4)5/h8-10,16-17H,6-7,11-12,20H2,1-5H3. The van der Waals surface area contributed by atoms with Crippen LogP contribution in [0.5, 0.6) is 0 Å². The topological polar surface area (TPSA) is 55.6 Å². The van der Waals surface area contributed by atoms with Gasteiger partial charge in [-0.25, -0.2) is 4.79 Å². The van der Waals surface area contributed by atoms with Gasteiger partial charge in [0.1, 0.15) is 5.60 Å². The second-order valence-corrected chi connectivity index (χ2v) is 7.84. The lowest BCUT2D eigenvalue weighted by molar-refractivity contribution is 0.0286. The molecular weight excluding hydrogens is 288 g/mol. The van der Waals surface area contributed by atoms with Gasteiger partial charge < -0.3 is 15.4 Å². The lowest BCUT2D eigenvalue weighted by atomic mass is 9.92. The third kappa shape index (κ3) is 5.24. The molecule has 0 saturated carbocycles. The van der Waals surface area contributed by atoms with Gasteiger partial charge in [0.15, 0.2) is 0 Å². The molecule has 4 heteroatoms. The molecule has 1 saturated heterocycles. The minimum absolute atomic E-state index is 0.0728. The highest BCUT2D eigenvalue weighted by Crippen LogP contribution is 2.23. The predicted octanol–water partition coefficient (Wildman–Crippen LogP) is 3.43. The van der Waals surface area contributed by atoms with Crippen molar-refractivity contribution in [2.75, 3.05) is 13.1 Å². The molecule has 1 heterocycles. The number of carbonyl (C=O) groups excluding carboxylic acids is 1. The van der Waals surface area contributed by atoms with E-state index < -0.39 is 5.60 Å². The summed E-state index contributed by atoms with van der Waals surface area (Å²) in [5.74, 6) is 0.336. The number of hydrogen-bond donors (Lipinski definition) is 1. The molecule has 128 valence electrons. The Morgan fingerprint density at radius 2 is 1.91 bits per heavy atom. The summed E-state index contributed by atoms with van der Waals surface area (Å²) in [5, 5.41) is 0. The molecule has 1 fully saturated rings. The number of rotatable bonds is 3. The first-order chi connectivity index (χ1) is 10.6. The lowest BCUT2D eigenvalue weighted by Gasteiger charge is -2.25. The third-order valence-corrected chi connectivity index (χ3v) is 4.23. The molecule has 2 N–H and O–H groups in total. The van der Waals surface area contributed by atoms with Crippen molar-refractivity contribution in [1.29, 1.82) is 0 Å². The molecule has 1 aliphatic heterocycles. The van der Waals surface area contributed by atoms with Gasteiger partial charge in [-0.05, 0) is 58.9 Å². The summed E-state index contributed by atoms with van der Waals surface area (Å²) in [4.78, 5) is 13.9. The van der Waals surface area contributed by atoms with Crippen LogP contribution in [0, 0.1) is 19.8 Å². The molecule has 2 atom stereocenters. The van der Waals surface area contributed by atoms with Crippen LogP contribution in [0.15, 0.2) is 18.2 Å². The van der Waals surface area contributed by atoms with E-state index in [0.29, 0.717) is 12.5 Å². The first-order valence-electron chi connectivity index (χ1n) is 8.45. The van der Waals surface area contributed by atoms with Crippen LogP contribution >= 0.6 is 0 Å². The Labute approximate surface area is 140 Å². The number of ether oxygens (including phenoxy) is 1. The summed E-state index contributed by atoms with van der Waals surface area (Å²) < 4.78 is 5.45. The van der Waals surface area contributed by atoms with Gasteiger partial charge >= 0.3 is 6.09 Å². The van der Waals surface area contributed by atoms with Crippen molar-refractivity contribution in [2.45, 2.75) is 59.1 Å². The van der Waals surface area contributed by atoms with Crippen molar-refractivity contribution >= 4 is 6.09 Å². The molecule has 0 aromatic heterocycles. The van der Waals surface area contributed by atoms with Gasteiger partial charge in [0.2, 0.25) is 0 Å². The van der Waals surface area contributed by atoms with Crippen molar-refractivity contribution in [3.05, 3.63) is 34.9 Å². The van der Waals surface area contributed by atoms with Crippen molar-refractivity contribution in [3.63, 3.8) is 0 Å². The largest absolute Gasteiger partial charge is 0.444 e. The number of benzene rings is 1. The zero-order valence-electron chi connectivity index (χ0n) is 15.1. The van der Waals surface area contributed by atoms with Crippen molar-refractivity contribution < 1.29 is 9.53 Å². The average molecular weight is 318 g/mol. The molecule has 0 radical (unpaired) electrons. The van der Waals surface area contributed by atoms with Crippen LogP contribution in [0.1, 0.15) is 43.9 Å². The fraction of sp³-hybridized carbons (Fsp3) is 0.632. The Morgan fingerprint density at radius 3 is 2.48 bits per heavy atom. The van der Waals surface area contributed by atoms with E-state index in [0.717, 1.165) is 19.4 Å². The maximum Gasteiger partial charge on any atom is 0.410 e. The van der Waals surface area contributed by atoms with E-state index in [4.69, 9.17) is 10.5 Å². The van der Waals surface area contributed by atoms with Crippen LogP contribution < -0.4 is 5.73 Å². The lowest BCUT2D eigenvalue weighted by Crippen LogP contribution is -2.38. The number of likely N-dealkylation sites (tertiary alicyclic amines) is 1. The first-order valence-corrected chi connectivity index (χ1v) is 8.45. The van der Waals surface area contributed by atoms with E-state index in [1.807, 2.05) is 20.8 Å². The van der Waals surface area contributed by atoms with Crippen LogP contribution in [0.3, 0.4) is 0 Å². The molecule has 0 aliphatic carbocycles. The van der Waals surface area contributed by atoms with Crippen LogP contribution in [-0.4, -0.2) is 35.7 Å². The van der Waals surface area contributed by atoms with Crippen LogP contribution in [0.4, 0.5) is 4.79 Å². The Kier molecular flexibility index (Phi) is 5.35. The molecule has 23 heavy (non-hydrogen) atoms. The van der Waals surface area contributed by atoms with Crippen LogP contribution in [0.2, 0.25) is 0 Å². The quantitative estimate of drug-likeness (QED) is 0.929. The number of aryl methyl sites for hydroxylation is 2. The van der Waals surface area contributed by atoms with Gasteiger partial charge in [0, 0.05) is 19.1 Å². The third-order valence-electron chi connectivity index (χ3n) is 4.23. The number of nitrogens with two attached hydrogens (primary N) is 1. The number of amides is 1. The molecule has 1 aliphatic rings. The first kappa shape index (κ1) is 17.8. The molecule has 2 rings (SSSR count). The van der Waals surface area contributed by atoms with Gasteiger partial charge in [-0.1, -0.05) is 29.3 Å². The summed E-state index contributed by atoms with van der Waals surface area (Å²) in [6.45, 7) is 11.3. The second kappa shape index (κ2) is 6.91. The van der Waals surface area contributed by atoms with Gasteiger partial charge in [-0.15, -0.1) is 0 Å². The number of hydrogen-bond acceptors (Lipinski definition) is 3. The molecular formula is C19H30N2O2. The summed E-state index contributed by atoms with van der Waals surface area (Å²) >= 11 is 0. The molecule has 0 spiro atoms. The Hall–Kier alpha value is -1.55. The van der Waals surface area contributed by atoms with E-state index in [2.05, 4.69) is 32.0 Å². The van der Waals surface area contributed by atoms with Gasteiger partial charge in [0.05, 0.1) is 0 Å². The zero-order valence-corrected chi connectivity index (χ0v) is 15.1. The van der Waals surface area contributed by atoms with E-state index in [9.17, 15) is 4.79 Å². The Morgan fingerprint density at radius 1 is 1.30 bits per heavy atom. The van der Waals surface area contributed by atoms with Crippen molar-refractivity contribution in [1.82, 2.24) is 4.90 Å². The van der Waals surface area contributed by atoms with Crippen LogP contribution in [-0.2, 0) is 11.2 Å². The highest BCUT2D eigenvalue weighted by Gasteiger charge is 2.32. The van der Waals surface area contributed by atoms with E-state index in [1.165, 1.54) is 16.7 Å². The van der Waals surface area contributed by atoms with E-state index in [1.54, 1.807) is 4.90 Å². The zero-order chi connectivity index (χ0) is 17.2. The van der Waals surface area contributed by atoms with Gasteiger partial charge in [0.25, 0.3) is 0 Å². The molecule has 1 amide bonds. The van der Waals surface area contributed by atoms with E-state index in [-0.39, 0.29) is 12.1 Å². The molecule has 2 unspecified atom stereocenters. The second-order valence-electron chi connectivity index (χ2n) is 7.84. The van der Waals surface area contributed by atoms with Crippen LogP contribution in [0.25, 0.3) is 0 Å². The fourth-order valence-electron chi connectivity index (χ4n) is 3.25. The molecule has 0 bridgehead atoms. The van der Waals surface area contributed by atoms with E-state index >= 15 is 0 Å². The molecule has 1 aromatic carbocycles. The SMILES string of the molecule is Cc1cc(C)cc(CC(N)C2CCN(C(=O)OC(C)(C)C)C2)c1. The highest BCUT2D eigenvalue weighted by molar-refractivity contribution is 5.68. The number of nitrogens with zero attached hydrogens (tertiary/aromatic N) is 1. The maximum atomic E-state index is 12.1. The normalized spacial score (nSPS) is 19.7. The van der Waals surface area contributed by atoms with Gasteiger partial charge in [-0.3, -0.25) is 0 Å². The molecule has 1 aromatic rings. The summed E-state index contributed by atoms with van der Waals surface area (Å²) in [7, 11) is 0. The maximum absolute atomic E-state index is 12.1. The van der Waals surface area contributed by atoms with Crippen molar-refractivity contribution in [3.8, 4) is 0 Å². The average Bonchev–Trinajstić information content (AvgIpc) is 2.84. The predicted molar refractivity (Wildman–Crippen MR) is 93.5 cm³/mol. The minimum Gasteiger partial charge on any atom is -0.444 e.